The van der Waals surface area contributed by atoms with Crippen LogP contribution in [-0.4, -0.2) is 23.2 Å². The van der Waals surface area contributed by atoms with E-state index in [0.29, 0.717) is 11.4 Å². The van der Waals surface area contributed by atoms with Crippen molar-refractivity contribution in [2.45, 2.75) is 26.2 Å². The maximum absolute atomic E-state index is 12.4. The zero-order valence-electron chi connectivity index (χ0n) is 15.1. The SMILES string of the molecule is CCCCc1ccc(NC(=O)c2cc(-c3cccc(OC)c3)n[nH]2)cc1. The molecule has 1 amide bonds. The lowest BCUT2D eigenvalue weighted by Crippen LogP contribution is -2.12. The molecule has 1 heterocycles. The van der Waals surface area contributed by atoms with Gasteiger partial charge in [-0.05, 0) is 48.7 Å². The Labute approximate surface area is 153 Å². The second kappa shape index (κ2) is 8.34. The van der Waals surface area contributed by atoms with Gasteiger partial charge in [0.15, 0.2) is 0 Å². The first-order valence-corrected chi connectivity index (χ1v) is 8.79. The number of H-pyrrole nitrogens is 1. The number of ether oxygens (including phenoxy) is 1. The van der Waals surface area contributed by atoms with Crippen molar-refractivity contribution in [2.75, 3.05) is 12.4 Å². The summed E-state index contributed by atoms with van der Waals surface area (Å²) in [6.45, 7) is 2.18. The Morgan fingerprint density at radius 1 is 1.15 bits per heavy atom. The number of hydrogen-bond acceptors (Lipinski definition) is 3. The van der Waals surface area contributed by atoms with Crippen molar-refractivity contribution in [3.63, 3.8) is 0 Å². The normalized spacial score (nSPS) is 10.5. The predicted molar refractivity (Wildman–Crippen MR) is 104 cm³/mol. The van der Waals surface area contributed by atoms with Crippen LogP contribution < -0.4 is 10.1 Å². The second-order valence-electron chi connectivity index (χ2n) is 6.15. The number of carbonyl (C=O) groups excluding carboxylic acids is 1. The Morgan fingerprint density at radius 2 is 1.96 bits per heavy atom. The number of nitrogens with zero attached hydrogens (tertiary/aromatic N) is 1. The van der Waals surface area contributed by atoms with Gasteiger partial charge >= 0.3 is 0 Å². The van der Waals surface area contributed by atoms with E-state index in [0.717, 1.165) is 23.4 Å². The molecule has 3 aromatic rings. The predicted octanol–water partition coefficient (Wildman–Crippen LogP) is 4.68. The van der Waals surface area contributed by atoms with E-state index in [1.165, 1.54) is 18.4 Å². The third-order valence-electron chi connectivity index (χ3n) is 4.22. The molecule has 0 fully saturated rings. The molecular weight excluding hydrogens is 326 g/mol. The lowest BCUT2D eigenvalue weighted by Gasteiger charge is -2.05. The highest BCUT2D eigenvalue weighted by molar-refractivity contribution is 6.03. The van der Waals surface area contributed by atoms with Crippen LogP contribution in [0.1, 0.15) is 35.8 Å². The molecule has 0 bridgehead atoms. The molecule has 0 aliphatic rings. The summed E-state index contributed by atoms with van der Waals surface area (Å²) in [4.78, 5) is 12.4. The molecule has 2 N–H and O–H groups in total. The number of aryl methyl sites for hydroxylation is 1. The summed E-state index contributed by atoms with van der Waals surface area (Å²) in [6.07, 6.45) is 3.41. The van der Waals surface area contributed by atoms with Crippen LogP contribution in [0.15, 0.2) is 54.6 Å². The van der Waals surface area contributed by atoms with Gasteiger partial charge in [0, 0.05) is 11.3 Å². The molecule has 0 unspecified atom stereocenters. The summed E-state index contributed by atoms with van der Waals surface area (Å²) in [5.41, 5.74) is 4.06. The van der Waals surface area contributed by atoms with Crippen LogP contribution in [0.3, 0.4) is 0 Å². The van der Waals surface area contributed by atoms with Crippen LogP contribution in [0, 0.1) is 0 Å². The number of nitrogens with one attached hydrogen (secondary N) is 2. The average Bonchev–Trinajstić information content (AvgIpc) is 3.18. The van der Waals surface area contributed by atoms with Crippen molar-refractivity contribution in [1.29, 1.82) is 0 Å². The van der Waals surface area contributed by atoms with Crippen molar-refractivity contribution in [2.24, 2.45) is 0 Å². The summed E-state index contributed by atoms with van der Waals surface area (Å²) >= 11 is 0. The number of aromatic amines is 1. The second-order valence-corrected chi connectivity index (χ2v) is 6.15. The van der Waals surface area contributed by atoms with E-state index in [9.17, 15) is 4.79 Å². The standard InChI is InChI=1S/C21H23N3O2/c1-3-4-6-15-9-11-17(12-10-15)22-21(25)20-14-19(23-24-20)16-7-5-8-18(13-16)26-2/h5,7-14H,3-4,6H2,1-2H3,(H,22,25)(H,23,24). The maximum Gasteiger partial charge on any atom is 0.273 e. The first kappa shape index (κ1) is 17.7. The minimum absolute atomic E-state index is 0.215. The summed E-state index contributed by atoms with van der Waals surface area (Å²) in [5.74, 6) is 0.535. The van der Waals surface area contributed by atoms with Gasteiger partial charge in [-0.2, -0.15) is 5.10 Å². The fourth-order valence-electron chi connectivity index (χ4n) is 2.70. The van der Waals surface area contributed by atoms with Gasteiger partial charge in [0.1, 0.15) is 11.4 Å². The van der Waals surface area contributed by atoms with Gasteiger partial charge < -0.3 is 10.1 Å². The molecule has 0 saturated heterocycles. The third-order valence-corrected chi connectivity index (χ3v) is 4.22. The molecule has 0 spiro atoms. The topological polar surface area (TPSA) is 67.0 Å². The molecule has 5 heteroatoms. The van der Waals surface area contributed by atoms with Crippen molar-refractivity contribution in [3.05, 3.63) is 65.9 Å². The number of benzene rings is 2. The highest BCUT2D eigenvalue weighted by Gasteiger charge is 2.12. The summed E-state index contributed by atoms with van der Waals surface area (Å²) < 4.78 is 5.23. The Hall–Kier alpha value is -3.08. The number of carbonyl (C=O) groups is 1. The molecule has 0 atom stereocenters. The zero-order valence-corrected chi connectivity index (χ0v) is 15.1. The van der Waals surface area contributed by atoms with Crippen LogP contribution in [0.5, 0.6) is 5.75 Å². The molecule has 0 saturated carbocycles. The van der Waals surface area contributed by atoms with Gasteiger partial charge in [-0.3, -0.25) is 9.89 Å². The number of methoxy groups -OCH3 is 1. The molecule has 2 aromatic carbocycles. The van der Waals surface area contributed by atoms with Crippen molar-refractivity contribution in [1.82, 2.24) is 10.2 Å². The van der Waals surface area contributed by atoms with Crippen LogP contribution in [0.25, 0.3) is 11.3 Å². The van der Waals surface area contributed by atoms with Crippen LogP contribution >= 0.6 is 0 Å². The van der Waals surface area contributed by atoms with Gasteiger partial charge in [-0.1, -0.05) is 37.6 Å². The molecule has 134 valence electrons. The molecule has 1 aromatic heterocycles. The number of rotatable bonds is 7. The molecule has 3 rings (SSSR count). The van der Waals surface area contributed by atoms with Crippen molar-refractivity contribution >= 4 is 11.6 Å². The monoisotopic (exact) mass is 349 g/mol. The van der Waals surface area contributed by atoms with Gasteiger partial charge in [-0.25, -0.2) is 0 Å². The van der Waals surface area contributed by atoms with E-state index >= 15 is 0 Å². The molecule has 0 aliphatic heterocycles. The minimum Gasteiger partial charge on any atom is -0.497 e. The average molecular weight is 349 g/mol. The fraction of sp³-hybridized carbons (Fsp3) is 0.238. The number of anilines is 1. The van der Waals surface area contributed by atoms with E-state index < -0.39 is 0 Å². The highest BCUT2D eigenvalue weighted by atomic mass is 16.5. The van der Waals surface area contributed by atoms with E-state index in [1.807, 2.05) is 36.4 Å². The third kappa shape index (κ3) is 4.30. The molecule has 5 nitrogen and oxygen atoms in total. The van der Waals surface area contributed by atoms with E-state index in [-0.39, 0.29) is 5.91 Å². The van der Waals surface area contributed by atoms with Crippen molar-refractivity contribution < 1.29 is 9.53 Å². The molecule has 0 radical (unpaired) electrons. The zero-order chi connectivity index (χ0) is 18.4. The number of unbranched alkanes of at least 4 members (excludes halogenated alkanes) is 1. The Morgan fingerprint density at radius 3 is 2.69 bits per heavy atom. The van der Waals surface area contributed by atoms with Crippen LogP contribution in [0.4, 0.5) is 5.69 Å². The molecular formula is C21H23N3O2. The first-order valence-electron chi connectivity index (χ1n) is 8.79. The lowest BCUT2D eigenvalue weighted by atomic mass is 10.1. The summed E-state index contributed by atoms with van der Waals surface area (Å²) in [6, 6.07) is 17.3. The van der Waals surface area contributed by atoms with Gasteiger partial charge in [0.05, 0.1) is 12.8 Å². The number of aromatic nitrogens is 2. The minimum atomic E-state index is -0.215. The Bertz CT molecular complexity index is 869. The Kier molecular flexibility index (Phi) is 5.69. The van der Waals surface area contributed by atoms with Gasteiger partial charge in [-0.15, -0.1) is 0 Å². The molecule has 0 aliphatic carbocycles. The lowest BCUT2D eigenvalue weighted by molar-refractivity contribution is 0.102. The van der Waals surface area contributed by atoms with E-state index in [2.05, 4.69) is 34.6 Å². The summed E-state index contributed by atoms with van der Waals surface area (Å²) in [7, 11) is 1.62. The highest BCUT2D eigenvalue weighted by Crippen LogP contribution is 2.23. The quantitative estimate of drug-likeness (QED) is 0.651. The Balaban J connectivity index is 1.68. The number of hydrogen-bond donors (Lipinski definition) is 2. The fourth-order valence-corrected chi connectivity index (χ4v) is 2.70. The van der Waals surface area contributed by atoms with E-state index in [1.54, 1.807) is 13.2 Å². The van der Waals surface area contributed by atoms with Crippen molar-refractivity contribution in [3.8, 4) is 17.0 Å². The molecule has 26 heavy (non-hydrogen) atoms. The summed E-state index contributed by atoms with van der Waals surface area (Å²) in [5, 5.41) is 9.92. The van der Waals surface area contributed by atoms with Gasteiger partial charge in [0.25, 0.3) is 5.91 Å². The number of amides is 1. The smallest absolute Gasteiger partial charge is 0.273 e. The van der Waals surface area contributed by atoms with Crippen LogP contribution in [-0.2, 0) is 6.42 Å². The van der Waals surface area contributed by atoms with Crippen LogP contribution in [0.2, 0.25) is 0 Å². The van der Waals surface area contributed by atoms with Gasteiger partial charge in [0.2, 0.25) is 0 Å². The van der Waals surface area contributed by atoms with E-state index in [4.69, 9.17) is 4.74 Å². The first-order chi connectivity index (χ1) is 12.7. The largest absolute Gasteiger partial charge is 0.497 e. The maximum atomic E-state index is 12.4.